The van der Waals surface area contributed by atoms with Crippen LogP contribution in [0.3, 0.4) is 0 Å². The molecule has 1 aliphatic rings. The average molecular weight is 330 g/mol. The van der Waals surface area contributed by atoms with Crippen LogP contribution in [0.15, 0.2) is 29.4 Å². The van der Waals surface area contributed by atoms with Gasteiger partial charge in [-0.25, -0.2) is 0 Å². The molecule has 1 saturated heterocycles. The van der Waals surface area contributed by atoms with Crippen LogP contribution in [0.1, 0.15) is 31.2 Å². The topological polar surface area (TPSA) is 51.0 Å². The number of carbonyl (C=O) groups is 1. The highest BCUT2D eigenvalue weighted by Gasteiger charge is 2.26. The Morgan fingerprint density at radius 3 is 2.57 bits per heavy atom. The molecule has 1 aromatic heterocycles. The molecule has 1 amide bonds. The fraction of sp³-hybridized carbons (Fsp3) is 0.471. The van der Waals surface area contributed by atoms with Crippen molar-refractivity contribution in [1.82, 2.24) is 19.7 Å². The van der Waals surface area contributed by atoms with Crippen molar-refractivity contribution in [2.45, 2.75) is 44.0 Å². The van der Waals surface area contributed by atoms with E-state index in [0.717, 1.165) is 48.2 Å². The van der Waals surface area contributed by atoms with Crippen molar-refractivity contribution in [2.24, 2.45) is 0 Å². The Bertz CT molecular complexity index is 706. The zero-order chi connectivity index (χ0) is 16.4. The first kappa shape index (κ1) is 16.1. The number of nitrogens with zero attached hydrogens (tertiary/aromatic N) is 4. The van der Waals surface area contributed by atoms with Gasteiger partial charge in [0.05, 0.1) is 10.9 Å². The average Bonchev–Trinajstić information content (AvgIpc) is 3.18. The minimum absolute atomic E-state index is 0.153. The summed E-state index contributed by atoms with van der Waals surface area (Å²) in [6.45, 7) is 7.73. The van der Waals surface area contributed by atoms with Crippen molar-refractivity contribution in [3.05, 3.63) is 35.7 Å². The second-order valence-corrected chi connectivity index (χ2v) is 7.25. The van der Waals surface area contributed by atoms with E-state index >= 15 is 0 Å². The highest BCUT2D eigenvalue weighted by molar-refractivity contribution is 8.00. The van der Waals surface area contributed by atoms with Crippen molar-refractivity contribution < 1.29 is 4.79 Å². The van der Waals surface area contributed by atoms with Gasteiger partial charge in [-0.1, -0.05) is 30.0 Å². The van der Waals surface area contributed by atoms with Gasteiger partial charge in [-0.3, -0.25) is 9.36 Å². The van der Waals surface area contributed by atoms with E-state index in [-0.39, 0.29) is 11.2 Å². The lowest BCUT2D eigenvalue weighted by Gasteiger charge is -2.20. The number of thioether (sulfide) groups is 1. The Morgan fingerprint density at radius 2 is 1.87 bits per heavy atom. The summed E-state index contributed by atoms with van der Waals surface area (Å²) >= 11 is 1.49. The van der Waals surface area contributed by atoms with Gasteiger partial charge in [0.1, 0.15) is 5.82 Å². The number of aryl methyl sites for hydroxylation is 2. The lowest BCUT2D eigenvalue weighted by atomic mass is 10.2. The lowest BCUT2D eigenvalue weighted by molar-refractivity contribution is -0.129. The molecule has 0 bridgehead atoms. The maximum atomic E-state index is 12.5. The standard InChI is InChI=1S/C17H22N4OS/c1-12-8-4-5-9-15(12)21-14(3)18-19-17(21)23-13(2)16(22)20-10-6-7-11-20/h4-5,8-9,13H,6-7,10-11H2,1-3H3/t13-/m1/s1. The van der Waals surface area contributed by atoms with Crippen LogP contribution in [-0.4, -0.2) is 43.9 Å². The molecule has 23 heavy (non-hydrogen) atoms. The first-order valence-electron chi connectivity index (χ1n) is 8.01. The van der Waals surface area contributed by atoms with Crippen LogP contribution in [0.25, 0.3) is 5.69 Å². The molecule has 5 nitrogen and oxygen atoms in total. The van der Waals surface area contributed by atoms with Crippen LogP contribution in [-0.2, 0) is 4.79 Å². The van der Waals surface area contributed by atoms with Crippen molar-refractivity contribution in [3.63, 3.8) is 0 Å². The van der Waals surface area contributed by atoms with Gasteiger partial charge in [0.25, 0.3) is 0 Å². The Balaban J connectivity index is 1.84. The number of para-hydroxylation sites is 1. The minimum Gasteiger partial charge on any atom is -0.342 e. The van der Waals surface area contributed by atoms with Crippen molar-refractivity contribution in [3.8, 4) is 5.69 Å². The Labute approximate surface area is 141 Å². The van der Waals surface area contributed by atoms with E-state index in [1.165, 1.54) is 11.8 Å². The van der Waals surface area contributed by atoms with Gasteiger partial charge in [0, 0.05) is 13.1 Å². The third kappa shape index (κ3) is 3.27. The van der Waals surface area contributed by atoms with E-state index in [0.29, 0.717) is 0 Å². The van der Waals surface area contributed by atoms with Gasteiger partial charge in [0.15, 0.2) is 5.16 Å². The molecule has 2 heterocycles. The largest absolute Gasteiger partial charge is 0.342 e. The van der Waals surface area contributed by atoms with Crippen LogP contribution in [0.2, 0.25) is 0 Å². The SMILES string of the molecule is Cc1ccccc1-n1c(C)nnc1S[C@H](C)C(=O)N1CCCC1. The predicted molar refractivity (Wildman–Crippen MR) is 92.0 cm³/mol. The number of aromatic nitrogens is 3. The molecular weight excluding hydrogens is 308 g/mol. The molecule has 6 heteroatoms. The van der Waals surface area contributed by atoms with Gasteiger partial charge in [-0.05, 0) is 45.2 Å². The number of rotatable bonds is 4. The molecule has 2 aromatic rings. The molecule has 1 aromatic carbocycles. The molecule has 1 atom stereocenters. The van der Waals surface area contributed by atoms with Gasteiger partial charge in [-0.2, -0.15) is 0 Å². The molecule has 0 spiro atoms. The second-order valence-electron chi connectivity index (χ2n) is 5.94. The van der Waals surface area contributed by atoms with Crippen LogP contribution >= 0.6 is 11.8 Å². The Hall–Kier alpha value is -1.82. The smallest absolute Gasteiger partial charge is 0.235 e. The van der Waals surface area contributed by atoms with Crippen LogP contribution in [0.5, 0.6) is 0 Å². The highest BCUT2D eigenvalue weighted by Crippen LogP contribution is 2.28. The molecule has 3 rings (SSSR count). The normalized spacial score (nSPS) is 15.9. The fourth-order valence-corrected chi connectivity index (χ4v) is 3.90. The molecule has 0 saturated carbocycles. The maximum absolute atomic E-state index is 12.5. The van der Waals surface area contributed by atoms with E-state index < -0.39 is 0 Å². The lowest BCUT2D eigenvalue weighted by Crippen LogP contribution is -2.34. The first-order chi connectivity index (χ1) is 11.1. The zero-order valence-corrected chi connectivity index (χ0v) is 14.6. The van der Waals surface area contributed by atoms with Gasteiger partial charge in [0.2, 0.25) is 5.91 Å². The molecule has 0 aliphatic carbocycles. The van der Waals surface area contributed by atoms with E-state index in [1.54, 1.807) is 0 Å². The number of likely N-dealkylation sites (tertiary alicyclic amines) is 1. The monoisotopic (exact) mass is 330 g/mol. The maximum Gasteiger partial charge on any atom is 0.235 e. The van der Waals surface area contributed by atoms with Crippen LogP contribution in [0.4, 0.5) is 0 Å². The summed E-state index contributed by atoms with van der Waals surface area (Å²) in [4.78, 5) is 14.5. The number of benzene rings is 1. The zero-order valence-electron chi connectivity index (χ0n) is 13.8. The molecule has 0 N–H and O–H groups in total. The van der Waals surface area contributed by atoms with E-state index in [9.17, 15) is 4.79 Å². The third-order valence-electron chi connectivity index (χ3n) is 4.20. The molecule has 0 radical (unpaired) electrons. The minimum atomic E-state index is -0.153. The van der Waals surface area contributed by atoms with Crippen molar-refractivity contribution in [2.75, 3.05) is 13.1 Å². The van der Waals surface area contributed by atoms with E-state index in [1.807, 2.05) is 35.4 Å². The molecule has 1 aliphatic heterocycles. The third-order valence-corrected chi connectivity index (χ3v) is 5.23. The highest BCUT2D eigenvalue weighted by atomic mass is 32.2. The van der Waals surface area contributed by atoms with Gasteiger partial charge in [-0.15, -0.1) is 10.2 Å². The number of carbonyl (C=O) groups excluding carboxylic acids is 1. The number of hydrogen-bond donors (Lipinski definition) is 0. The predicted octanol–water partition coefficient (Wildman–Crippen LogP) is 2.99. The molecule has 1 fully saturated rings. The summed E-state index contributed by atoms with van der Waals surface area (Å²) in [6, 6.07) is 8.16. The van der Waals surface area contributed by atoms with Crippen LogP contribution < -0.4 is 0 Å². The van der Waals surface area contributed by atoms with E-state index in [2.05, 4.69) is 29.3 Å². The Kier molecular flexibility index (Phi) is 4.71. The number of amides is 1. The van der Waals surface area contributed by atoms with E-state index in [4.69, 9.17) is 0 Å². The fourth-order valence-electron chi connectivity index (χ4n) is 2.91. The molecular formula is C17H22N4OS. The summed E-state index contributed by atoms with van der Waals surface area (Å²) in [5.74, 6) is 1.03. The van der Waals surface area contributed by atoms with Gasteiger partial charge >= 0.3 is 0 Å². The summed E-state index contributed by atoms with van der Waals surface area (Å²) in [5.41, 5.74) is 2.23. The van der Waals surface area contributed by atoms with Crippen molar-refractivity contribution >= 4 is 17.7 Å². The molecule has 122 valence electrons. The Morgan fingerprint density at radius 1 is 1.17 bits per heavy atom. The quantitative estimate of drug-likeness (QED) is 0.809. The van der Waals surface area contributed by atoms with Gasteiger partial charge < -0.3 is 4.90 Å². The summed E-state index contributed by atoms with van der Waals surface area (Å²) in [5, 5.41) is 9.12. The summed E-state index contributed by atoms with van der Waals surface area (Å²) < 4.78 is 2.04. The van der Waals surface area contributed by atoms with Crippen molar-refractivity contribution in [1.29, 1.82) is 0 Å². The summed E-state index contributed by atoms with van der Waals surface area (Å²) in [6.07, 6.45) is 2.23. The first-order valence-corrected chi connectivity index (χ1v) is 8.89. The summed E-state index contributed by atoms with van der Waals surface area (Å²) in [7, 11) is 0. The second kappa shape index (κ2) is 6.74. The number of hydrogen-bond acceptors (Lipinski definition) is 4. The van der Waals surface area contributed by atoms with Crippen LogP contribution in [0, 0.1) is 13.8 Å². The molecule has 0 unspecified atom stereocenters.